The van der Waals surface area contributed by atoms with Gasteiger partial charge in [-0.15, -0.1) is 0 Å². The molecule has 1 N–H and O–H groups in total. The first-order valence-electron chi connectivity index (χ1n) is 6.72. The van der Waals surface area contributed by atoms with E-state index in [-0.39, 0.29) is 12.2 Å². The van der Waals surface area contributed by atoms with E-state index in [1.807, 2.05) is 6.92 Å². The second-order valence-corrected chi connectivity index (χ2v) is 5.90. The van der Waals surface area contributed by atoms with Crippen LogP contribution in [0.15, 0.2) is 24.3 Å². The van der Waals surface area contributed by atoms with Crippen LogP contribution in [-0.4, -0.2) is 47.8 Å². The number of fused-ring (bicyclic) bond motifs is 1. The molecule has 0 radical (unpaired) electrons. The topological polar surface area (TPSA) is 49.8 Å². The molecule has 4 heteroatoms. The third-order valence-corrected chi connectivity index (χ3v) is 4.10. The van der Waals surface area contributed by atoms with Gasteiger partial charge in [0.1, 0.15) is 6.61 Å². The number of aliphatic carboxylic acids is 1. The van der Waals surface area contributed by atoms with Crippen molar-refractivity contribution < 1.29 is 14.6 Å². The lowest BCUT2D eigenvalue weighted by Gasteiger charge is -2.49. The summed E-state index contributed by atoms with van der Waals surface area (Å²) in [7, 11) is 0. The van der Waals surface area contributed by atoms with Crippen molar-refractivity contribution in [3.05, 3.63) is 35.4 Å². The molecule has 1 aromatic carbocycles. The maximum atomic E-state index is 10.5. The number of hydrogen-bond acceptors (Lipinski definition) is 3. The molecule has 0 spiro atoms. The lowest BCUT2D eigenvalue weighted by atomic mass is 9.76. The van der Waals surface area contributed by atoms with Crippen LogP contribution in [0.5, 0.6) is 0 Å². The molecule has 1 aliphatic carbocycles. The van der Waals surface area contributed by atoms with Crippen LogP contribution in [0.4, 0.5) is 0 Å². The van der Waals surface area contributed by atoms with Crippen LogP contribution in [-0.2, 0) is 16.0 Å². The molecule has 0 saturated carbocycles. The highest BCUT2D eigenvalue weighted by atomic mass is 16.5. The van der Waals surface area contributed by atoms with Crippen molar-refractivity contribution in [1.29, 1.82) is 0 Å². The van der Waals surface area contributed by atoms with E-state index in [0.29, 0.717) is 5.92 Å². The smallest absolute Gasteiger partial charge is 0.329 e. The number of carbonyl (C=O) groups is 1. The van der Waals surface area contributed by atoms with Gasteiger partial charge in [0.05, 0.1) is 5.60 Å². The quantitative estimate of drug-likeness (QED) is 0.872. The maximum Gasteiger partial charge on any atom is 0.329 e. The predicted molar refractivity (Wildman–Crippen MR) is 71.3 cm³/mol. The van der Waals surface area contributed by atoms with Crippen molar-refractivity contribution in [3.8, 4) is 0 Å². The maximum absolute atomic E-state index is 10.5. The van der Waals surface area contributed by atoms with E-state index in [1.165, 1.54) is 17.5 Å². The van der Waals surface area contributed by atoms with E-state index in [4.69, 9.17) is 9.84 Å². The first-order valence-corrected chi connectivity index (χ1v) is 6.72. The molecule has 0 bridgehead atoms. The molecule has 1 atom stereocenters. The molecular weight excluding hydrogens is 242 g/mol. The van der Waals surface area contributed by atoms with Crippen LogP contribution in [0.25, 0.3) is 0 Å². The molecule has 1 aromatic rings. The van der Waals surface area contributed by atoms with E-state index < -0.39 is 5.97 Å². The third-order valence-electron chi connectivity index (χ3n) is 4.10. The van der Waals surface area contributed by atoms with Gasteiger partial charge in [-0.2, -0.15) is 0 Å². The summed E-state index contributed by atoms with van der Waals surface area (Å²) >= 11 is 0. The van der Waals surface area contributed by atoms with Gasteiger partial charge in [0.25, 0.3) is 0 Å². The van der Waals surface area contributed by atoms with Crippen molar-refractivity contribution in [2.45, 2.75) is 24.9 Å². The monoisotopic (exact) mass is 261 g/mol. The highest BCUT2D eigenvalue weighted by Crippen LogP contribution is 2.37. The molecule has 3 rings (SSSR count). The van der Waals surface area contributed by atoms with Gasteiger partial charge in [0.2, 0.25) is 0 Å². The molecule has 1 aliphatic heterocycles. The number of ether oxygens (including phenoxy) is 1. The average Bonchev–Trinajstić information content (AvgIpc) is 2.31. The highest BCUT2D eigenvalue weighted by molar-refractivity contribution is 5.68. The first-order chi connectivity index (χ1) is 9.06. The van der Waals surface area contributed by atoms with Crippen LogP contribution in [0, 0.1) is 0 Å². The average molecular weight is 261 g/mol. The fourth-order valence-electron chi connectivity index (χ4n) is 3.19. The zero-order valence-electron chi connectivity index (χ0n) is 11.1. The molecule has 1 heterocycles. The van der Waals surface area contributed by atoms with E-state index in [1.54, 1.807) is 0 Å². The molecule has 0 amide bonds. The Morgan fingerprint density at radius 1 is 1.47 bits per heavy atom. The predicted octanol–water partition coefficient (Wildman–Crippen LogP) is 1.50. The first kappa shape index (κ1) is 12.6. The van der Waals surface area contributed by atoms with Crippen molar-refractivity contribution in [2.75, 3.05) is 26.2 Å². The molecule has 1 unspecified atom stereocenters. The summed E-state index contributed by atoms with van der Waals surface area (Å²) in [4.78, 5) is 12.8. The van der Waals surface area contributed by atoms with E-state index in [9.17, 15) is 4.79 Å². The summed E-state index contributed by atoms with van der Waals surface area (Å²) in [6.45, 7) is 4.51. The Morgan fingerprint density at radius 2 is 2.21 bits per heavy atom. The molecule has 1 saturated heterocycles. The number of hydrogen-bond donors (Lipinski definition) is 1. The zero-order chi connectivity index (χ0) is 13.5. The van der Waals surface area contributed by atoms with Crippen molar-refractivity contribution >= 4 is 5.97 Å². The molecule has 0 aromatic heterocycles. The Balaban J connectivity index is 1.47. The molecule has 19 heavy (non-hydrogen) atoms. The van der Waals surface area contributed by atoms with Gasteiger partial charge in [-0.1, -0.05) is 24.3 Å². The fourth-order valence-corrected chi connectivity index (χ4v) is 3.19. The fraction of sp³-hybridized carbons (Fsp3) is 0.533. The molecule has 2 aliphatic rings. The summed E-state index contributed by atoms with van der Waals surface area (Å²) in [5.74, 6) is -0.257. The van der Waals surface area contributed by atoms with Gasteiger partial charge in [-0.05, 0) is 24.5 Å². The van der Waals surface area contributed by atoms with Gasteiger partial charge < -0.3 is 9.84 Å². The van der Waals surface area contributed by atoms with E-state index >= 15 is 0 Å². The second kappa shape index (κ2) is 4.62. The Bertz CT molecular complexity index is 494. The largest absolute Gasteiger partial charge is 0.480 e. The summed E-state index contributed by atoms with van der Waals surface area (Å²) in [5, 5.41) is 8.63. The van der Waals surface area contributed by atoms with Gasteiger partial charge in [-0.25, -0.2) is 4.79 Å². The minimum absolute atomic E-state index is 0.198. The number of carboxylic acid groups (broad SMARTS) is 1. The Hall–Kier alpha value is -1.39. The Kier molecular flexibility index (Phi) is 3.07. The van der Waals surface area contributed by atoms with Crippen molar-refractivity contribution in [3.63, 3.8) is 0 Å². The minimum Gasteiger partial charge on any atom is -0.480 e. The van der Waals surface area contributed by atoms with Gasteiger partial charge in [0, 0.05) is 25.6 Å². The van der Waals surface area contributed by atoms with Crippen LogP contribution >= 0.6 is 0 Å². The van der Waals surface area contributed by atoms with Crippen LogP contribution in [0.1, 0.15) is 24.0 Å². The molecule has 102 valence electrons. The van der Waals surface area contributed by atoms with E-state index in [2.05, 4.69) is 29.2 Å². The second-order valence-electron chi connectivity index (χ2n) is 5.90. The van der Waals surface area contributed by atoms with Crippen molar-refractivity contribution in [2.24, 2.45) is 0 Å². The van der Waals surface area contributed by atoms with Crippen LogP contribution in [0.3, 0.4) is 0 Å². The molecule has 4 nitrogen and oxygen atoms in total. The SMILES string of the molecule is CC1(OCC(=O)O)CN(CC2Cc3ccccc32)C1. The van der Waals surface area contributed by atoms with Gasteiger partial charge in [-0.3, -0.25) is 4.90 Å². The summed E-state index contributed by atoms with van der Waals surface area (Å²) in [6.07, 6.45) is 1.17. The number of carboxylic acids is 1. The lowest BCUT2D eigenvalue weighted by Crippen LogP contribution is -2.62. The number of benzene rings is 1. The summed E-state index contributed by atoms with van der Waals surface area (Å²) < 4.78 is 5.42. The third kappa shape index (κ3) is 2.51. The Morgan fingerprint density at radius 3 is 2.89 bits per heavy atom. The Labute approximate surface area is 113 Å². The number of likely N-dealkylation sites (tertiary alicyclic amines) is 1. The summed E-state index contributed by atoms with van der Waals surface area (Å²) in [5.41, 5.74) is 2.67. The molecular formula is C15H19NO3. The molecule has 1 fully saturated rings. The van der Waals surface area contributed by atoms with Crippen LogP contribution in [0.2, 0.25) is 0 Å². The summed E-state index contributed by atoms with van der Waals surface area (Å²) in [6, 6.07) is 8.60. The van der Waals surface area contributed by atoms with Gasteiger partial charge in [0.15, 0.2) is 0 Å². The minimum atomic E-state index is -0.896. The zero-order valence-corrected chi connectivity index (χ0v) is 11.1. The van der Waals surface area contributed by atoms with E-state index in [0.717, 1.165) is 19.6 Å². The van der Waals surface area contributed by atoms with Gasteiger partial charge >= 0.3 is 5.97 Å². The number of rotatable bonds is 5. The van der Waals surface area contributed by atoms with Crippen molar-refractivity contribution in [1.82, 2.24) is 4.90 Å². The standard InChI is InChI=1S/C15H19NO3/c1-15(19-8-14(17)18)9-16(10-15)7-12-6-11-4-2-3-5-13(11)12/h2-5,12H,6-10H2,1H3,(H,17,18). The lowest BCUT2D eigenvalue weighted by molar-refractivity contribution is -0.165. The highest BCUT2D eigenvalue weighted by Gasteiger charge is 2.42. The number of nitrogens with zero attached hydrogens (tertiary/aromatic N) is 1. The normalized spacial score (nSPS) is 24.2. The van der Waals surface area contributed by atoms with Crippen LogP contribution < -0.4 is 0 Å².